The van der Waals surface area contributed by atoms with Crippen molar-refractivity contribution in [2.75, 3.05) is 11.9 Å². The van der Waals surface area contributed by atoms with Gasteiger partial charge in [-0.3, -0.25) is 0 Å². The summed E-state index contributed by atoms with van der Waals surface area (Å²) in [6, 6.07) is 10.5. The van der Waals surface area contributed by atoms with Crippen LogP contribution in [0.2, 0.25) is 15.1 Å². The van der Waals surface area contributed by atoms with Crippen LogP contribution in [0.5, 0.6) is 0 Å². The Kier molecular flexibility index (Phi) is 5.58. The molecule has 1 unspecified atom stereocenters. The molecule has 0 fully saturated rings. The van der Waals surface area contributed by atoms with Gasteiger partial charge in [-0.25, -0.2) is 0 Å². The van der Waals surface area contributed by atoms with Crippen molar-refractivity contribution in [2.45, 2.75) is 6.10 Å². The van der Waals surface area contributed by atoms with E-state index in [0.29, 0.717) is 20.6 Å². The van der Waals surface area contributed by atoms with Gasteiger partial charge < -0.3 is 10.4 Å². The van der Waals surface area contributed by atoms with E-state index in [0.717, 1.165) is 10.2 Å². The predicted molar refractivity (Wildman–Crippen MR) is 89.1 cm³/mol. The lowest BCUT2D eigenvalue weighted by molar-refractivity contribution is 0.192. The largest absolute Gasteiger partial charge is 0.387 e. The van der Waals surface area contributed by atoms with Crippen LogP contribution in [-0.2, 0) is 0 Å². The topological polar surface area (TPSA) is 32.3 Å². The molecule has 0 aliphatic heterocycles. The lowest BCUT2D eigenvalue weighted by Crippen LogP contribution is -2.12. The van der Waals surface area contributed by atoms with E-state index in [1.165, 1.54) is 0 Å². The zero-order valence-corrected chi connectivity index (χ0v) is 14.1. The molecule has 0 saturated carbocycles. The standard InChI is InChI=1S/C14H11BrCl3NO/c15-8-1-4-13(12(18)5-8)19-7-14(20)10-6-9(16)2-3-11(10)17/h1-6,14,19-20H,7H2. The first-order valence-electron chi connectivity index (χ1n) is 5.79. The smallest absolute Gasteiger partial charge is 0.0977 e. The molecule has 2 aromatic rings. The van der Waals surface area contributed by atoms with Crippen molar-refractivity contribution in [3.63, 3.8) is 0 Å². The highest BCUT2D eigenvalue weighted by atomic mass is 79.9. The van der Waals surface area contributed by atoms with Gasteiger partial charge in [-0.05, 0) is 36.4 Å². The third-order valence-corrected chi connectivity index (χ3v) is 4.12. The second kappa shape index (κ2) is 7.01. The number of hydrogen-bond donors (Lipinski definition) is 2. The molecule has 2 aromatic carbocycles. The van der Waals surface area contributed by atoms with Crippen molar-refractivity contribution in [3.05, 3.63) is 61.5 Å². The third kappa shape index (κ3) is 4.03. The van der Waals surface area contributed by atoms with Crippen LogP contribution >= 0.6 is 50.7 Å². The Morgan fingerprint density at radius 3 is 2.50 bits per heavy atom. The van der Waals surface area contributed by atoms with Crippen molar-refractivity contribution in [3.8, 4) is 0 Å². The average Bonchev–Trinajstić information content (AvgIpc) is 2.40. The lowest BCUT2D eigenvalue weighted by Gasteiger charge is -2.15. The Balaban J connectivity index is 2.08. The minimum Gasteiger partial charge on any atom is -0.387 e. The van der Waals surface area contributed by atoms with Gasteiger partial charge in [0.2, 0.25) is 0 Å². The van der Waals surface area contributed by atoms with Crippen LogP contribution in [0.25, 0.3) is 0 Å². The molecule has 0 aliphatic carbocycles. The first kappa shape index (κ1) is 15.9. The van der Waals surface area contributed by atoms with Gasteiger partial charge in [0.05, 0.1) is 16.8 Å². The number of aliphatic hydroxyl groups excluding tert-OH is 1. The van der Waals surface area contributed by atoms with E-state index in [4.69, 9.17) is 34.8 Å². The monoisotopic (exact) mass is 393 g/mol. The van der Waals surface area contributed by atoms with Gasteiger partial charge in [0.15, 0.2) is 0 Å². The molecule has 0 spiro atoms. The molecule has 20 heavy (non-hydrogen) atoms. The van der Waals surface area contributed by atoms with E-state index in [2.05, 4.69) is 21.2 Å². The first-order valence-corrected chi connectivity index (χ1v) is 7.72. The minimum absolute atomic E-state index is 0.279. The van der Waals surface area contributed by atoms with Crippen molar-refractivity contribution in [2.24, 2.45) is 0 Å². The van der Waals surface area contributed by atoms with Crippen LogP contribution in [0.1, 0.15) is 11.7 Å². The number of benzene rings is 2. The van der Waals surface area contributed by atoms with Gasteiger partial charge in [0, 0.05) is 26.6 Å². The quantitative estimate of drug-likeness (QED) is 0.711. The fraction of sp³-hybridized carbons (Fsp3) is 0.143. The molecule has 0 radical (unpaired) electrons. The highest BCUT2D eigenvalue weighted by Crippen LogP contribution is 2.29. The average molecular weight is 396 g/mol. The SMILES string of the molecule is OC(CNc1ccc(Br)cc1Cl)c1cc(Cl)ccc1Cl. The van der Waals surface area contributed by atoms with E-state index < -0.39 is 6.10 Å². The predicted octanol–water partition coefficient (Wildman–Crippen LogP) is 5.55. The van der Waals surface area contributed by atoms with Crippen molar-refractivity contribution in [1.29, 1.82) is 0 Å². The highest BCUT2D eigenvalue weighted by molar-refractivity contribution is 9.10. The third-order valence-electron chi connectivity index (χ3n) is 2.73. The van der Waals surface area contributed by atoms with E-state index in [1.807, 2.05) is 12.1 Å². The van der Waals surface area contributed by atoms with Gasteiger partial charge in [-0.15, -0.1) is 0 Å². The van der Waals surface area contributed by atoms with Crippen molar-refractivity contribution in [1.82, 2.24) is 0 Å². The molecule has 2 rings (SSSR count). The van der Waals surface area contributed by atoms with Crippen LogP contribution in [0, 0.1) is 0 Å². The Morgan fingerprint density at radius 1 is 1.05 bits per heavy atom. The maximum absolute atomic E-state index is 10.2. The molecule has 2 N–H and O–H groups in total. The molecular weight excluding hydrogens is 384 g/mol. The Hall–Kier alpha value is -0.450. The van der Waals surface area contributed by atoms with Crippen LogP contribution in [-0.4, -0.2) is 11.7 Å². The van der Waals surface area contributed by atoms with Gasteiger partial charge in [0.1, 0.15) is 0 Å². The Bertz CT molecular complexity index is 621. The summed E-state index contributed by atoms with van der Waals surface area (Å²) in [6.45, 7) is 0.279. The fourth-order valence-electron chi connectivity index (χ4n) is 1.72. The zero-order valence-electron chi connectivity index (χ0n) is 10.2. The summed E-state index contributed by atoms with van der Waals surface area (Å²) < 4.78 is 0.895. The molecule has 0 bridgehead atoms. The fourth-order valence-corrected chi connectivity index (χ4v) is 2.88. The van der Waals surface area contributed by atoms with E-state index in [9.17, 15) is 5.11 Å². The second-order valence-corrected chi connectivity index (χ2v) is 6.35. The van der Waals surface area contributed by atoms with E-state index in [-0.39, 0.29) is 6.54 Å². The zero-order chi connectivity index (χ0) is 14.7. The summed E-state index contributed by atoms with van der Waals surface area (Å²) in [5, 5.41) is 14.8. The summed E-state index contributed by atoms with van der Waals surface area (Å²) >= 11 is 21.4. The summed E-state index contributed by atoms with van der Waals surface area (Å²) in [6.07, 6.45) is -0.777. The highest BCUT2D eigenvalue weighted by Gasteiger charge is 2.12. The van der Waals surface area contributed by atoms with Crippen LogP contribution in [0.4, 0.5) is 5.69 Å². The molecule has 106 valence electrons. The number of anilines is 1. The number of rotatable bonds is 4. The second-order valence-electron chi connectivity index (χ2n) is 4.19. The number of hydrogen-bond acceptors (Lipinski definition) is 2. The molecule has 0 amide bonds. The summed E-state index contributed by atoms with van der Waals surface area (Å²) in [5.74, 6) is 0. The minimum atomic E-state index is -0.777. The van der Waals surface area contributed by atoms with Gasteiger partial charge in [-0.1, -0.05) is 50.7 Å². The van der Waals surface area contributed by atoms with E-state index in [1.54, 1.807) is 24.3 Å². The van der Waals surface area contributed by atoms with Crippen molar-refractivity contribution < 1.29 is 5.11 Å². The van der Waals surface area contributed by atoms with Crippen LogP contribution in [0.15, 0.2) is 40.9 Å². The molecule has 0 aromatic heterocycles. The summed E-state index contributed by atoms with van der Waals surface area (Å²) in [7, 11) is 0. The molecule has 0 saturated heterocycles. The molecule has 1 atom stereocenters. The molecule has 0 heterocycles. The lowest BCUT2D eigenvalue weighted by atomic mass is 10.1. The number of aliphatic hydroxyl groups is 1. The number of nitrogens with one attached hydrogen (secondary N) is 1. The molecule has 6 heteroatoms. The maximum Gasteiger partial charge on any atom is 0.0977 e. The molecular formula is C14H11BrCl3NO. The summed E-state index contributed by atoms with van der Waals surface area (Å²) in [5.41, 5.74) is 1.33. The Labute approximate surface area is 140 Å². The van der Waals surface area contributed by atoms with Crippen LogP contribution < -0.4 is 5.32 Å². The van der Waals surface area contributed by atoms with Crippen LogP contribution in [0.3, 0.4) is 0 Å². The number of halogens is 4. The normalized spacial score (nSPS) is 12.2. The Morgan fingerprint density at radius 2 is 1.80 bits per heavy atom. The van der Waals surface area contributed by atoms with Crippen molar-refractivity contribution >= 4 is 56.4 Å². The van der Waals surface area contributed by atoms with Gasteiger partial charge in [-0.2, -0.15) is 0 Å². The van der Waals surface area contributed by atoms with E-state index >= 15 is 0 Å². The van der Waals surface area contributed by atoms with Gasteiger partial charge in [0.25, 0.3) is 0 Å². The molecule has 0 aliphatic rings. The summed E-state index contributed by atoms with van der Waals surface area (Å²) in [4.78, 5) is 0. The maximum atomic E-state index is 10.2. The molecule has 2 nitrogen and oxygen atoms in total. The van der Waals surface area contributed by atoms with Gasteiger partial charge >= 0.3 is 0 Å². The first-order chi connectivity index (χ1) is 9.47.